The van der Waals surface area contributed by atoms with Gasteiger partial charge in [0.2, 0.25) is 0 Å². The van der Waals surface area contributed by atoms with Gasteiger partial charge in [0.25, 0.3) is 0 Å². The Labute approximate surface area is 101 Å². The number of hydrogen-bond acceptors (Lipinski definition) is 1. The second kappa shape index (κ2) is 4.73. The van der Waals surface area contributed by atoms with E-state index in [1.54, 1.807) is 0 Å². The average Bonchev–Trinajstić information content (AvgIpc) is 2.59. The van der Waals surface area contributed by atoms with Crippen LogP contribution in [-0.2, 0) is 6.42 Å². The molecular weight excluding hydrogens is 229 g/mol. The summed E-state index contributed by atoms with van der Waals surface area (Å²) in [6, 6.07) is 6.22. The van der Waals surface area contributed by atoms with Crippen molar-refractivity contribution in [1.82, 2.24) is 0 Å². The minimum absolute atomic E-state index is 0.361. The summed E-state index contributed by atoms with van der Waals surface area (Å²) in [6.07, 6.45) is 4.68. The molecule has 1 nitrogen and oxygen atoms in total. The highest BCUT2D eigenvalue weighted by Gasteiger charge is 2.23. The van der Waals surface area contributed by atoms with Crippen molar-refractivity contribution < 1.29 is 0 Å². The summed E-state index contributed by atoms with van der Waals surface area (Å²) < 4.78 is 0. The summed E-state index contributed by atoms with van der Waals surface area (Å²) in [5.74, 6) is 0.613. The maximum absolute atomic E-state index is 6.04. The predicted molar refractivity (Wildman–Crippen MR) is 65.5 cm³/mol. The number of halogens is 2. The molecule has 0 aromatic heterocycles. The molecule has 3 heteroatoms. The molecule has 0 amide bonds. The molecule has 1 fully saturated rings. The van der Waals surface area contributed by atoms with Crippen molar-refractivity contribution in [2.24, 2.45) is 11.7 Å². The minimum atomic E-state index is 0.361. The summed E-state index contributed by atoms with van der Waals surface area (Å²) >= 11 is 11.8. The first-order valence-corrected chi connectivity index (χ1v) is 6.12. The van der Waals surface area contributed by atoms with Gasteiger partial charge in [-0.25, -0.2) is 0 Å². The van der Waals surface area contributed by atoms with Crippen LogP contribution in [-0.4, -0.2) is 6.04 Å². The van der Waals surface area contributed by atoms with Crippen molar-refractivity contribution in [1.29, 1.82) is 0 Å². The van der Waals surface area contributed by atoms with Crippen LogP contribution >= 0.6 is 23.2 Å². The fourth-order valence-electron chi connectivity index (χ4n) is 2.29. The average molecular weight is 244 g/mol. The van der Waals surface area contributed by atoms with E-state index in [1.165, 1.54) is 18.4 Å². The standard InChI is InChI=1S/C12H15Cl2N/c13-10-5-4-8(7-11(10)14)6-9-2-1-3-12(9)15/h4-5,7,9,12H,1-3,6,15H2. The molecule has 0 saturated heterocycles. The van der Waals surface area contributed by atoms with E-state index >= 15 is 0 Å². The highest BCUT2D eigenvalue weighted by atomic mass is 35.5. The molecule has 1 aliphatic carbocycles. The van der Waals surface area contributed by atoms with E-state index in [-0.39, 0.29) is 0 Å². The third kappa shape index (κ3) is 2.66. The van der Waals surface area contributed by atoms with Gasteiger partial charge in [0.15, 0.2) is 0 Å². The summed E-state index contributed by atoms with van der Waals surface area (Å²) in [4.78, 5) is 0. The largest absolute Gasteiger partial charge is 0.327 e. The lowest BCUT2D eigenvalue weighted by Crippen LogP contribution is -2.25. The highest BCUT2D eigenvalue weighted by Crippen LogP contribution is 2.29. The van der Waals surface area contributed by atoms with Gasteiger partial charge in [0, 0.05) is 6.04 Å². The van der Waals surface area contributed by atoms with Crippen molar-refractivity contribution >= 4 is 23.2 Å². The molecule has 1 aromatic carbocycles. The first kappa shape index (κ1) is 11.3. The van der Waals surface area contributed by atoms with Crippen LogP contribution in [0.25, 0.3) is 0 Å². The Hall–Kier alpha value is -0.240. The van der Waals surface area contributed by atoms with Crippen molar-refractivity contribution in [2.45, 2.75) is 31.7 Å². The van der Waals surface area contributed by atoms with E-state index < -0.39 is 0 Å². The van der Waals surface area contributed by atoms with Crippen molar-refractivity contribution in [2.75, 3.05) is 0 Å². The van der Waals surface area contributed by atoms with Crippen molar-refractivity contribution in [3.63, 3.8) is 0 Å². The van der Waals surface area contributed by atoms with E-state index in [4.69, 9.17) is 28.9 Å². The molecule has 0 radical (unpaired) electrons. The molecular formula is C12H15Cl2N. The van der Waals surface area contributed by atoms with Gasteiger partial charge in [-0.1, -0.05) is 35.7 Å². The van der Waals surface area contributed by atoms with Crippen LogP contribution in [0.15, 0.2) is 18.2 Å². The molecule has 15 heavy (non-hydrogen) atoms. The van der Waals surface area contributed by atoms with E-state index in [0.29, 0.717) is 22.0 Å². The zero-order chi connectivity index (χ0) is 10.8. The Morgan fingerprint density at radius 1 is 1.20 bits per heavy atom. The molecule has 0 spiro atoms. The van der Waals surface area contributed by atoms with Gasteiger partial charge in [-0.05, 0) is 42.9 Å². The van der Waals surface area contributed by atoms with Gasteiger partial charge in [-0.2, -0.15) is 0 Å². The van der Waals surface area contributed by atoms with Gasteiger partial charge < -0.3 is 5.73 Å². The van der Waals surface area contributed by atoms with Crippen molar-refractivity contribution in [3.8, 4) is 0 Å². The maximum Gasteiger partial charge on any atom is 0.0595 e. The third-order valence-corrected chi connectivity index (χ3v) is 3.94. The van der Waals surface area contributed by atoms with Crippen LogP contribution in [0.1, 0.15) is 24.8 Å². The Balaban J connectivity index is 2.07. The fraction of sp³-hybridized carbons (Fsp3) is 0.500. The number of benzene rings is 1. The molecule has 82 valence electrons. The summed E-state index contributed by atoms with van der Waals surface area (Å²) in [5, 5.41) is 1.26. The lowest BCUT2D eigenvalue weighted by atomic mass is 9.95. The van der Waals surface area contributed by atoms with Crippen LogP contribution in [0.3, 0.4) is 0 Å². The van der Waals surface area contributed by atoms with Gasteiger partial charge >= 0.3 is 0 Å². The van der Waals surface area contributed by atoms with E-state index in [2.05, 4.69) is 0 Å². The van der Waals surface area contributed by atoms with Crippen molar-refractivity contribution in [3.05, 3.63) is 33.8 Å². The Kier molecular flexibility index (Phi) is 3.55. The summed E-state index contributed by atoms with van der Waals surface area (Å²) in [5.41, 5.74) is 7.28. The number of nitrogens with two attached hydrogens (primary N) is 1. The molecule has 0 aliphatic heterocycles. The molecule has 2 unspecified atom stereocenters. The molecule has 1 saturated carbocycles. The van der Waals surface area contributed by atoms with E-state index in [1.807, 2.05) is 18.2 Å². The Morgan fingerprint density at radius 2 is 2.00 bits per heavy atom. The van der Waals surface area contributed by atoms with Gasteiger partial charge in [0.05, 0.1) is 10.0 Å². The normalized spacial score (nSPS) is 25.8. The molecule has 0 heterocycles. The molecule has 0 bridgehead atoms. The van der Waals surface area contributed by atoms with Gasteiger partial charge in [-0.3, -0.25) is 0 Å². The van der Waals surface area contributed by atoms with Gasteiger partial charge in [0.1, 0.15) is 0 Å². The first-order chi connectivity index (χ1) is 7.16. The second-order valence-corrected chi connectivity index (χ2v) is 5.12. The maximum atomic E-state index is 6.04. The van der Waals surface area contributed by atoms with Crippen LogP contribution in [0.2, 0.25) is 10.0 Å². The smallest absolute Gasteiger partial charge is 0.0595 e. The second-order valence-electron chi connectivity index (χ2n) is 4.31. The molecule has 1 aliphatic rings. The summed E-state index contributed by atoms with van der Waals surface area (Å²) in [6.45, 7) is 0. The highest BCUT2D eigenvalue weighted by molar-refractivity contribution is 6.42. The monoisotopic (exact) mass is 243 g/mol. The zero-order valence-electron chi connectivity index (χ0n) is 8.55. The van der Waals surface area contributed by atoms with E-state index in [9.17, 15) is 0 Å². The summed E-state index contributed by atoms with van der Waals surface area (Å²) in [7, 11) is 0. The lowest BCUT2D eigenvalue weighted by molar-refractivity contribution is 0.479. The topological polar surface area (TPSA) is 26.0 Å². The predicted octanol–water partition coefficient (Wildman–Crippen LogP) is 3.66. The lowest BCUT2D eigenvalue weighted by Gasteiger charge is -2.15. The molecule has 1 aromatic rings. The van der Waals surface area contributed by atoms with Crippen LogP contribution in [0.5, 0.6) is 0 Å². The number of rotatable bonds is 2. The first-order valence-electron chi connectivity index (χ1n) is 5.36. The molecule has 2 N–H and O–H groups in total. The van der Waals surface area contributed by atoms with E-state index in [0.717, 1.165) is 12.8 Å². The Morgan fingerprint density at radius 3 is 2.60 bits per heavy atom. The van der Waals surface area contributed by atoms with Crippen LogP contribution in [0.4, 0.5) is 0 Å². The zero-order valence-corrected chi connectivity index (χ0v) is 10.1. The third-order valence-electron chi connectivity index (χ3n) is 3.20. The number of hydrogen-bond donors (Lipinski definition) is 1. The van der Waals surface area contributed by atoms with Crippen LogP contribution < -0.4 is 5.73 Å². The van der Waals surface area contributed by atoms with Crippen LogP contribution in [0, 0.1) is 5.92 Å². The quantitative estimate of drug-likeness (QED) is 0.844. The molecule has 2 rings (SSSR count). The fourth-order valence-corrected chi connectivity index (χ4v) is 2.61. The van der Waals surface area contributed by atoms with Gasteiger partial charge in [-0.15, -0.1) is 0 Å². The Bertz CT molecular complexity index is 351. The molecule has 2 atom stereocenters. The minimum Gasteiger partial charge on any atom is -0.327 e. The SMILES string of the molecule is NC1CCCC1Cc1ccc(Cl)c(Cl)c1.